The minimum atomic E-state index is -0.349. The van der Waals surface area contributed by atoms with Crippen LogP contribution in [0.5, 0.6) is 11.5 Å². The quantitative estimate of drug-likeness (QED) is 0.738. The lowest BCUT2D eigenvalue weighted by atomic mass is 10.1. The molecule has 0 amide bonds. The molecule has 1 aromatic heterocycles. The Bertz CT molecular complexity index is 849. The van der Waals surface area contributed by atoms with Gasteiger partial charge in [0, 0.05) is 5.56 Å². The molecule has 3 rings (SSSR count). The Morgan fingerprint density at radius 2 is 1.67 bits per heavy atom. The minimum Gasteiger partial charge on any atom is -0.493 e. The number of hydrogen-bond donors (Lipinski definition) is 0. The molecule has 0 unspecified atom stereocenters. The molecule has 0 saturated carbocycles. The van der Waals surface area contributed by atoms with Crippen molar-refractivity contribution in [1.82, 2.24) is 0 Å². The molecule has 1 heterocycles. The fourth-order valence-electron chi connectivity index (χ4n) is 2.27. The summed E-state index contributed by atoms with van der Waals surface area (Å²) in [7, 11) is 3.14. The SMILES string of the molecule is COc1ccc(-c2cc3ccccc3c(=O)o2)cc1OC. The Labute approximate surface area is 121 Å². The predicted molar refractivity (Wildman–Crippen MR) is 81.0 cm³/mol. The molecule has 0 aliphatic heterocycles. The second-order valence-electron chi connectivity index (χ2n) is 4.56. The first-order valence-corrected chi connectivity index (χ1v) is 6.48. The van der Waals surface area contributed by atoms with Gasteiger partial charge in [-0.05, 0) is 35.7 Å². The predicted octanol–water partition coefficient (Wildman–Crippen LogP) is 3.48. The zero-order chi connectivity index (χ0) is 14.8. The third-order valence-electron chi connectivity index (χ3n) is 3.34. The van der Waals surface area contributed by atoms with Crippen molar-refractivity contribution in [2.24, 2.45) is 0 Å². The maximum Gasteiger partial charge on any atom is 0.344 e. The van der Waals surface area contributed by atoms with Gasteiger partial charge in [0.05, 0.1) is 19.6 Å². The van der Waals surface area contributed by atoms with Crippen LogP contribution in [0.3, 0.4) is 0 Å². The van der Waals surface area contributed by atoms with Crippen molar-refractivity contribution in [3.8, 4) is 22.8 Å². The number of hydrogen-bond acceptors (Lipinski definition) is 4. The molecule has 0 fully saturated rings. The van der Waals surface area contributed by atoms with Crippen molar-refractivity contribution < 1.29 is 13.9 Å². The Kier molecular flexibility index (Phi) is 3.36. The largest absolute Gasteiger partial charge is 0.493 e. The fraction of sp³-hybridized carbons (Fsp3) is 0.118. The Balaban J connectivity index is 2.18. The van der Waals surface area contributed by atoms with Gasteiger partial charge in [-0.1, -0.05) is 18.2 Å². The second-order valence-corrected chi connectivity index (χ2v) is 4.56. The maximum absolute atomic E-state index is 12.0. The van der Waals surface area contributed by atoms with Gasteiger partial charge in [-0.2, -0.15) is 0 Å². The van der Waals surface area contributed by atoms with Gasteiger partial charge in [0.25, 0.3) is 0 Å². The van der Waals surface area contributed by atoms with Crippen LogP contribution in [0.25, 0.3) is 22.1 Å². The van der Waals surface area contributed by atoms with E-state index in [0.29, 0.717) is 22.6 Å². The van der Waals surface area contributed by atoms with E-state index in [1.165, 1.54) is 0 Å². The van der Waals surface area contributed by atoms with Crippen molar-refractivity contribution in [3.63, 3.8) is 0 Å². The van der Waals surface area contributed by atoms with Gasteiger partial charge in [0.2, 0.25) is 0 Å². The zero-order valence-electron chi connectivity index (χ0n) is 11.8. The van der Waals surface area contributed by atoms with Crippen molar-refractivity contribution in [2.75, 3.05) is 14.2 Å². The minimum absolute atomic E-state index is 0.349. The summed E-state index contributed by atoms with van der Waals surface area (Å²) >= 11 is 0. The average Bonchev–Trinajstić information content (AvgIpc) is 2.54. The number of methoxy groups -OCH3 is 2. The summed E-state index contributed by atoms with van der Waals surface area (Å²) < 4.78 is 15.9. The van der Waals surface area contributed by atoms with Crippen LogP contribution < -0.4 is 15.1 Å². The van der Waals surface area contributed by atoms with Gasteiger partial charge in [-0.15, -0.1) is 0 Å². The first-order chi connectivity index (χ1) is 10.2. The molecule has 0 atom stereocenters. The molecule has 4 heteroatoms. The number of fused-ring (bicyclic) bond motifs is 1. The van der Waals surface area contributed by atoms with Crippen LogP contribution in [-0.2, 0) is 0 Å². The topological polar surface area (TPSA) is 48.7 Å². The monoisotopic (exact) mass is 282 g/mol. The fourth-order valence-corrected chi connectivity index (χ4v) is 2.27. The number of rotatable bonds is 3. The summed E-state index contributed by atoms with van der Waals surface area (Å²) in [4.78, 5) is 12.0. The molecule has 0 spiro atoms. The maximum atomic E-state index is 12.0. The summed E-state index contributed by atoms with van der Waals surface area (Å²) in [6.07, 6.45) is 0. The van der Waals surface area contributed by atoms with E-state index in [-0.39, 0.29) is 5.63 Å². The summed E-state index contributed by atoms with van der Waals surface area (Å²) in [5, 5.41) is 1.42. The molecule has 21 heavy (non-hydrogen) atoms. The van der Waals surface area contributed by atoms with Crippen LogP contribution in [0.15, 0.2) is 57.7 Å². The second kappa shape index (κ2) is 5.32. The number of benzene rings is 2. The third-order valence-corrected chi connectivity index (χ3v) is 3.34. The third kappa shape index (κ3) is 2.36. The molecular formula is C17H14O4. The van der Waals surface area contributed by atoms with E-state index in [0.717, 1.165) is 10.9 Å². The molecular weight excluding hydrogens is 268 g/mol. The van der Waals surface area contributed by atoms with Gasteiger partial charge >= 0.3 is 5.63 Å². The molecule has 0 bridgehead atoms. The Hall–Kier alpha value is -2.75. The zero-order valence-corrected chi connectivity index (χ0v) is 11.8. The lowest BCUT2D eigenvalue weighted by Gasteiger charge is -2.09. The van der Waals surface area contributed by atoms with Gasteiger partial charge in [-0.3, -0.25) is 0 Å². The molecule has 106 valence electrons. The molecule has 3 aromatic rings. The number of ether oxygens (including phenoxy) is 2. The summed E-state index contributed by atoms with van der Waals surface area (Å²) in [5.74, 6) is 1.72. The lowest BCUT2D eigenvalue weighted by Crippen LogP contribution is -2.00. The van der Waals surface area contributed by atoms with E-state index in [2.05, 4.69) is 0 Å². The standard InChI is InChI=1S/C17H14O4/c1-19-14-8-7-12(10-16(14)20-2)15-9-11-5-3-4-6-13(11)17(18)21-15/h3-10H,1-2H3. The van der Waals surface area contributed by atoms with Gasteiger partial charge in [-0.25, -0.2) is 4.79 Å². The highest BCUT2D eigenvalue weighted by Gasteiger charge is 2.10. The highest BCUT2D eigenvalue weighted by molar-refractivity contribution is 5.84. The molecule has 0 saturated heterocycles. The van der Waals surface area contributed by atoms with E-state index in [1.807, 2.05) is 30.3 Å². The summed E-state index contributed by atoms with van der Waals surface area (Å²) in [6.45, 7) is 0. The first kappa shape index (κ1) is 13.2. The molecule has 0 aliphatic rings. The molecule has 0 N–H and O–H groups in total. The lowest BCUT2D eigenvalue weighted by molar-refractivity contribution is 0.355. The summed E-state index contributed by atoms with van der Waals surface area (Å²) in [6, 6.07) is 14.6. The molecule has 2 aromatic carbocycles. The summed E-state index contributed by atoms with van der Waals surface area (Å²) in [5.41, 5.74) is 0.411. The first-order valence-electron chi connectivity index (χ1n) is 6.48. The van der Waals surface area contributed by atoms with Gasteiger partial charge < -0.3 is 13.9 Å². The molecule has 4 nitrogen and oxygen atoms in total. The smallest absolute Gasteiger partial charge is 0.344 e. The Morgan fingerprint density at radius 1 is 0.905 bits per heavy atom. The molecule has 0 aliphatic carbocycles. The van der Waals surface area contributed by atoms with Gasteiger partial charge in [0.1, 0.15) is 5.76 Å². The highest BCUT2D eigenvalue weighted by Crippen LogP contribution is 2.32. The van der Waals surface area contributed by atoms with Crippen molar-refractivity contribution >= 4 is 10.8 Å². The molecule has 0 radical (unpaired) electrons. The van der Waals surface area contributed by atoms with E-state index < -0.39 is 0 Å². The van der Waals surface area contributed by atoms with Crippen LogP contribution in [0.2, 0.25) is 0 Å². The Morgan fingerprint density at radius 3 is 2.43 bits per heavy atom. The highest BCUT2D eigenvalue weighted by atomic mass is 16.5. The van der Waals surface area contributed by atoms with Crippen molar-refractivity contribution in [3.05, 3.63) is 59.0 Å². The van der Waals surface area contributed by atoms with Crippen LogP contribution >= 0.6 is 0 Å². The van der Waals surface area contributed by atoms with E-state index in [1.54, 1.807) is 32.4 Å². The van der Waals surface area contributed by atoms with Crippen LogP contribution in [0.4, 0.5) is 0 Å². The van der Waals surface area contributed by atoms with Gasteiger partial charge in [0.15, 0.2) is 11.5 Å². The van der Waals surface area contributed by atoms with E-state index >= 15 is 0 Å². The van der Waals surface area contributed by atoms with Crippen molar-refractivity contribution in [2.45, 2.75) is 0 Å². The van der Waals surface area contributed by atoms with Crippen LogP contribution in [-0.4, -0.2) is 14.2 Å². The average molecular weight is 282 g/mol. The normalized spacial score (nSPS) is 10.6. The van der Waals surface area contributed by atoms with Crippen LogP contribution in [0.1, 0.15) is 0 Å². The van der Waals surface area contributed by atoms with Crippen molar-refractivity contribution in [1.29, 1.82) is 0 Å². The van der Waals surface area contributed by atoms with E-state index in [9.17, 15) is 4.79 Å². The van der Waals surface area contributed by atoms with E-state index in [4.69, 9.17) is 13.9 Å². The van der Waals surface area contributed by atoms with Crippen LogP contribution in [0, 0.1) is 0 Å².